The average molecular weight is 399 g/mol. The molecule has 0 atom stereocenters. The first-order valence-electron chi connectivity index (χ1n) is 7.88. The highest BCUT2D eigenvalue weighted by Gasteiger charge is 2.26. The van der Waals surface area contributed by atoms with Crippen molar-refractivity contribution in [2.24, 2.45) is 0 Å². The summed E-state index contributed by atoms with van der Waals surface area (Å²) >= 11 is 3.48. The van der Waals surface area contributed by atoms with Gasteiger partial charge in [0, 0.05) is 23.5 Å². The number of hydrogen-bond donors (Lipinski definition) is 2. The molecule has 126 valence electrons. The molecule has 0 spiro atoms. The summed E-state index contributed by atoms with van der Waals surface area (Å²) in [6.07, 6.45) is 2.37. The molecule has 2 amide bonds. The van der Waals surface area contributed by atoms with Gasteiger partial charge in [-0.1, -0.05) is 15.9 Å². The molecular formula is C18H15BrN4O2. The van der Waals surface area contributed by atoms with Gasteiger partial charge < -0.3 is 15.2 Å². The van der Waals surface area contributed by atoms with Gasteiger partial charge in [0.05, 0.1) is 28.7 Å². The molecule has 3 aromatic rings. The molecule has 1 aliphatic heterocycles. The van der Waals surface area contributed by atoms with Crippen molar-refractivity contribution in [3.63, 3.8) is 0 Å². The lowest BCUT2D eigenvalue weighted by Crippen LogP contribution is -2.27. The standard InChI is InChI=1S/C18H15BrN4O2/c1-10(24)23-5-4-11-6-13(19)8-16(17(11)23)22-18(25)12-2-3-14-15(7-12)21-9-20-14/h2-3,6-9H,4-5H2,1H3,(H,20,21)(H,22,25). The van der Waals surface area contributed by atoms with E-state index < -0.39 is 0 Å². The van der Waals surface area contributed by atoms with Gasteiger partial charge in [-0.2, -0.15) is 0 Å². The summed E-state index contributed by atoms with van der Waals surface area (Å²) in [7, 11) is 0. The number of nitrogens with one attached hydrogen (secondary N) is 2. The lowest BCUT2D eigenvalue weighted by atomic mass is 10.1. The molecule has 0 saturated heterocycles. The zero-order valence-corrected chi connectivity index (χ0v) is 15.1. The number of hydrogen-bond acceptors (Lipinski definition) is 3. The van der Waals surface area contributed by atoms with E-state index in [1.54, 1.807) is 29.4 Å². The highest BCUT2D eigenvalue weighted by atomic mass is 79.9. The van der Waals surface area contributed by atoms with Crippen molar-refractivity contribution in [3.8, 4) is 0 Å². The number of nitrogens with zero attached hydrogens (tertiary/aromatic N) is 2. The zero-order valence-electron chi connectivity index (χ0n) is 13.5. The van der Waals surface area contributed by atoms with Crippen LogP contribution < -0.4 is 10.2 Å². The molecule has 2 heterocycles. The number of anilines is 2. The molecule has 4 rings (SSSR count). The second-order valence-electron chi connectivity index (χ2n) is 5.97. The number of aromatic amines is 1. The molecule has 25 heavy (non-hydrogen) atoms. The molecule has 0 aliphatic carbocycles. The molecule has 0 bridgehead atoms. The fourth-order valence-electron chi connectivity index (χ4n) is 3.19. The number of rotatable bonds is 2. The van der Waals surface area contributed by atoms with E-state index in [9.17, 15) is 9.59 Å². The van der Waals surface area contributed by atoms with Crippen LogP contribution in [0.5, 0.6) is 0 Å². The third-order valence-electron chi connectivity index (χ3n) is 4.34. The minimum absolute atomic E-state index is 0.0320. The molecule has 0 fully saturated rings. The smallest absolute Gasteiger partial charge is 0.255 e. The van der Waals surface area contributed by atoms with Crippen LogP contribution in [0.1, 0.15) is 22.8 Å². The van der Waals surface area contributed by atoms with Crippen LogP contribution in [0.15, 0.2) is 41.1 Å². The van der Waals surface area contributed by atoms with Crippen molar-refractivity contribution in [3.05, 3.63) is 52.3 Å². The van der Waals surface area contributed by atoms with E-state index in [2.05, 4.69) is 31.2 Å². The number of benzene rings is 2. The Kier molecular flexibility index (Phi) is 3.80. The maximum atomic E-state index is 12.7. The van der Waals surface area contributed by atoms with E-state index in [-0.39, 0.29) is 11.8 Å². The van der Waals surface area contributed by atoms with Gasteiger partial charge in [-0.15, -0.1) is 0 Å². The number of H-pyrrole nitrogens is 1. The first-order chi connectivity index (χ1) is 12.0. The van der Waals surface area contributed by atoms with Crippen LogP contribution in [-0.2, 0) is 11.2 Å². The van der Waals surface area contributed by atoms with Crippen LogP contribution >= 0.6 is 15.9 Å². The third-order valence-corrected chi connectivity index (χ3v) is 4.80. The summed E-state index contributed by atoms with van der Waals surface area (Å²) < 4.78 is 0.871. The van der Waals surface area contributed by atoms with Crippen LogP contribution in [0.4, 0.5) is 11.4 Å². The number of carbonyl (C=O) groups excluding carboxylic acids is 2. The Morgan fingerprint density at radius 3 is 2.92 bits per heavy atom. The number of aromatic nitrogens is 2. The highest BCUT2D eigenvalue weighted by Crippen LogP contribution is 2.38. The highest BCUT2D eigenvalue weighted by molar-refractivity contribution is 9.10. The molecule has 0 unspecified atom stereocenters. The quantitative estimate of drug-likeness (QED) is 0.693. The summed E-state index contributed by atoms with van der Waals surface area (Å²) in [5, 5.41) is 2.94. The average Bonchev–Trinajstić information content (AvgIpc) is 3.20. The SMILES string of the molecule is CC(=O)N1CCc2cc(Br)cc(NC(=O)c3ccc4nc[nH]c4c3)c21. The van der Waals surface area contributed by atoms with Crippen LogP contribution in [0.2, 0.25) is 0 Å². The van der Waals surface area contributed by atoms with Crippen molar-refractivity contribution in [1.82, 2.24) is 9.97 Å². The Balaban J connectivity index is 1.70. The second-order valence-corrected chi connectivity index (χ2v) is 6.89. The van der Waals surface area contributed by atoms with E-state index >= 15 is 0 Å². The molecule has 7 heteroatoms. The molecule has 1 aromatic heterocycles. The summed E-state index contributed by atoms with van der Waals surface area (Å²) in [4.78, 5) is 33.5. The Morgan fingerprint density at radius 2 is 2.12 bits per heavy atom. The Morgan fingerprint density at radius 1 is 1.28 bits per heavy atom. The monoisotopic (exact) mass is 398 g/mol. The normalized spacial score (nSPS) is 13.1. The van der Waals surface area contributed by atoms with Gasteiger partial charge in [0.2, 0.25) is 5.91 Å². The van der Waals surface area contributed by atoms with Gasteiger partial charge in [-0.3, -0.25) is 9.59 Å². The Bertz CT molecular complexity index is 1010. The predicted octanol–water partition coefficient (Wildman–Crippen LogP) is 3.49. The fourth-order valence-corrected chi connectivity index (χ4v) is 3.70. The minimum atomic E-state index is -0.229. The number of carbonyl (C=O) groups is 2. The maximum Gasteiger partial charge on any atom is 0.255 e. The second kappa shape index (κ2) is 6.00. The predicted molar refractivity (Wildman–Crippen MR) is 99.9 cm³/mol. The molecule has 6 nitrogen and oxygen atoms in total. The lowest BCUT2D eigenvalue weighted by molar-refractivity contribution is -0.116. The van der Waals surface area contributed by atoms with Crippen LogP contribution in [0, 0.1) is 0 Å². The van der Waals surface area contributed by atoms with Crippen LogP contribution in [0.3, 0.4) is 0 Å². The molecule has 2 N–H and O–H groups in total. The van der Waals surface area contributed by atoms with E-state index in [0.717, 1.165) is 33.2 Å². The molecular weight excluding hydrogens is 384 g/mol. The van der Waals surface area contributed by atoms with Gasteiger partial charge in [-0.25, -0.2) is 4.98 Å². The summed E-state index contributed by atoms with van der Waals surface area (Å²) in [5.74, 6) is -0.261. The van der Waals surface area contributed by atoms with Crippen LogP contribution in [-0.4, -0.2) is 28.3 Å². The molecule has 2 aromatic carbocycles. The summed E-state index contributed by atoms with van der Waals surface area (Å²) in [6.45, 7) is 2.17. The number of halogens is 1. The van der Waals surface area contributed by atoms with Gasteiger partial charge in [0.15, 0.2) is 0 Å². The van der Waals surface area contributed by atoms with Crippen LogP contribution in [0.25, 0.3) is 11.0 Å². The first-order valence-corrected chi connectivity index (χ1v) is 8.67. The number of imidazole rings is 1. The Labute approximate surface area is 152 Å². The number of amides is 2. The maximum absolute atomic E-state index is 12.7. The number of fused-ring (bicyclic) bond motifs is 2. The largest absolute Gasteiger partial charge is 0.345 e. The van der Waals surface area contributed by atoms with Crippen molar-refractivity contribution < 1.29 is 9.59 Å². The zero-order chi connectivity index (χ0) is 17.6. The van der Waals surface area contributed by atoms with Crippen molar-refractivity contribution in [2.45, 2.75) is 13.3 Å². The molecule has 1 aliphatic rings. The molecule has 0 radical (unpaired) electrons. The third kappa shape index (κ3) is 2.80. The van der Waals surface area contributed by atoms with E-state index in [0.29, 0.717) is 17.8 Å². The Hall–Kier alpha value is -2.67. The summed E-state index contributed by atoms with van der Waals surface area (Å²) in [5.41, 5.74) is 4.60. The van der Waals surface area contributed by atoms with Gasteiger partial charge in [-0.05, 0) is 42.3 Å². The van der Waals surface area contributed by atoms with E-state index in [4.69, 9.17) is 0 Å². The van der Waals surface area contributed by atoms with Gasteiger partial charge in [0.1, 0.15) is 0 Å². The van der Waals surface area contributed by atoms with Gasteiger partial charge in [0.25, 0.3) is 5.91 Å². The topological polar surface area (TPSA) is 78.1 Å². The van der Waals surface area contributed by atoms with Crippen molar-refractivity contribution in [2.75, 3.05) is 16.8 Å². The first kappa shape index (κ1) is 15.8. The van der Waals surface area contributed by atoms with Gasteiger partial charge >= 0.3 is 0 Å². The van der Waals surface area contributed by atoms with E-state index in [1.807, 2.05) is 12.1 Å². The van der Waals surface area contributed by atoms with Crippen molar-refractivity contribution >= 4 is 50.2 Å². The molecule has 0 saturated carbocycles. The minimum Gasteiger partial charge on any atom is -0.345 e. The fraction of sp³-hybridized carbons (Fsp3) is 0.167. The van der Waals surface area contributed by atoms with E-state index in [1.165, 1.54) is 6.92 Å². The lowest BCUT2D eigenvalue weighted by Gasteiger charge is -2.19. The summed E-state index contributed by atoms with van der Waals surface area (Å²) in [6, 6.07) is 9.11. The van der Waals surface area contributed by atoms with Crippen molar-refractivity contribution in [1.29, 1.82) is 0 Å².